The summed E-state index contributed by atoms with van der Waals surface area (Å²) in [5.41, 5.74) is 1.15. The van der Waals surface area contributed by atoms with Crippen LogP contribution in [0.15, 0.2) is 24.3 Å². The molecule has 0 radical (unpaired) electrons. The van der Waals surface area contributed by atoms with Crippen LogP contribution in [-0.2, 0) is 10.0 Å². The fourth-order valence-corrected chi connectivity index (χ4v) is 4.89. The molecule has 2 aliphatic rings. The molecular weight excluding hydrogens is 314 g/mol. The smallest absolute Gasteiger partial charge is 0.254 e. The van der Waals surface area contributed by atoms with Crippen molar-refractivity contribution in [3.8, 4) is 0 Å². The number of likely N-dealkylation sites (N-methyl/N-ethyl adjacent to an activating group) is 1. The van der Waals surface area contributed by atoms with Gasteiger partial charge < -0.3 is 9.80 Å². The summed E-state index contributed by atoms with van der Waals surface area (Å²) in [5, 5.41) is 0. The van der Waals surface area contributed by atoms with Gasteiger partial charge in [0.2, 0.25) is 10.0 Å². The van der Waals surface area contributed by atoms with Crippen LogP contribution in [0.4, 0.5) is 5.69 Å². The fraction of sp³-hybridized carbons (Fsp3) is 0.562. The van der Waals surface area contributed by atoms with Crippen molar-refractivity contribution in [3.63, 3.8) is 0 Å². The van der Waals surface area contributed by atoms with E-state index in [2.05, 4.69) is 11.9 Å². The Balaban J connectivity index is 1.84. The third kappa shape index (κ3) is 3.21. The minimum absolute atomic E-state index is 0.0240. The molecule has 0 spiro atoms. The van der Waals surface area contributed by atoms with E-state index in [1.54, 1.807) is 24.3 Å². The van der Waals surface area contributed by atoms with Crippen molar-refractivity contribution >= 4 is 21.6 Å². The summed E-state index contributed by atoms with van der Waals surface area (Å²) in [4.78, 5) is 16.9. The van der Waals surface area contributed by atoms with E-state index in [9.17, 15) is 13.2 Å². The molecule has 2 aliphatic heterocycles. The number of amides is 1. The monoisotopic (exact) mass is 337 g/mol. The van der Waals surface area contributed by atoms with Crippen molar-refractivity contribution in [2.45, 2.75) is 19.4 Å². The SMILES string of the molecule is CC1CN(C)CCN1C(=O)c1cccc(N2CCCS2(=O)=O)c1. The number of rotatable bonds is 2. The maximum atomic E-state index is 12.8. The van der Waals surface area contributed by atoms with Crippen molar-refractivity contribution in [1.29, 1.82) is 0 Å². The lowest BCUT2D eigenvalue weighted by molar-refractivity contribution is 0.0533. The Labute approximate surface area is 137 Å². The van der Waals surface area contributed by atoms with Gasteiger partial charge in [-0.25, -0.2) is 8.42 Å². The Kier molecular flexibility index (Phi) is 4.33. The molecule has 2 fully saturated rings. The quantitative estimate of drug-likeness (QED) is 0.808. The molecule has 0 aromatic heterocycles. The molecule has 1 aromatic carbocycles. The Morgan fingerprint density at radius 1 is 1.22 bits per heavy atom. The van der Waals surface area contributed by atoms with Crippen LogP contribution in [0.3, 0.4) is 0 Å². The molecule has 1 atom stereocenters. The van der Waals surface area contributed by atoms with Gasteiger partial charge in [0.05, 0.1) is 11.4 Å². The van der Waals surface area contributed by atoms with Crippen molar-refractivity contribution in [2.24, 2.45) is 0 Å². The summed E-state index contributed by atoms with van der Waals surface area (Å²) >= 11 is 0. The average Bonchev–Trinajstić information content (AvgIpc) is 2.86. The van der Waals surface area contributed by atoms with Crippen LogP contribution in [0.1, 0.15) is 23.7 Å². The second-order valence-electron chi connectivity index (χ2n) is 6.40. The summed E-state index contributed by atoms with van der Waals surface area (Å²) in [6.07, 6.45) is 0.635. The topological polar surface area (TPSA) is 60.9 Å². The highest BCUT2D eigenvalue weighted by Gasteiger charge is 2.30. The van der Waals surface area contributed by atoms with Gasteiger partial charge in [-0.1, -0.05) is 6.07 Å². The molecule has 0 bridgehead atoms. The molecular formula is C16H23N3O3S. The van der Waals surface area contributed by atoms with Crippen molar-refractivity contribution in [2.75, 3.05) is 43.3 Å². The maximum absolute atomic E-state index is 12.8. The van der Waals surface area contributed by atoms with Crippen LogP contribution in [0.5, 0.6) is 0 Å². The summed E-state index contributed by atoms with van der Waals surface area (Å²) < 4.78 is 25.5. The molecule has 1 aromatic rings. The first-order chi connectivity index (χ1) is 10.9. The zero-order valence-electron chi connectivity index (χ0n) is 13.6. The van der Waals surface area contributed by atoms with Crippen molar-refractivity contribution in [3.05, 3.63) is 29.8 Å². The second kappa shape index (κ2) is 6.13. The number of carbonyl (C=O) groups is 1. The van der Waals surface area contributed by atoms with Gasteiger partial charge in [0.15, 0.2) is 0 Å². The number of benzene rings is 1. The predicted octanol–water partition coefficient (Wildman–Crippen LogP) is 1.00. The first-order valence-corrected chi connectivity index (χ1v) is 9.59. The zero-order chi connectivity index (χ0) is 16.6. The van der Waals surface area contributed by atoms with E-state index < -0.39 is 10.0 Å². The van der Waals surface area contributed by atoms with E-state index in [0.717, 1.165) is 13.1 Å². The van der Waals surface area contributed by atoms with Crippen molar-refractivity contribution in [1.82, 2.24) is 9.80 Å². The molecule has 126 valence electrons. The Hall–Kier alpha value is -1.60. The lowest BCUT2D eigenvalue weighted by Crippen LogP contribution is -2.52. The van der Waals surface area contributed by atoms with Crippen molar-refractivity contribution < 1.29 is 13.2 Å². The highest BCUT2D eigenvalue weighted by Crippen LogP contribution is 2.25. The van der Waals surface area contributed by atoms with Gasteiger partial charge in [0.25, 0.3) is 5.91 Å². The highest BCUT2D eigenvalue weighted by atomic mass is 32.2. The third-order valence-corrected chi connectivity index (χ3v) is 6.44. The first kappa shape index (κ1) is 16.3. The summed E-state index contributed by atoms with van der Waals surface area (Å²) in [7, 11) is -1.17. The molecule has 0 aliphatic carbocycles. The Bertz CT molecular complexity index is 704. The molecule has 3 rings (SSSR count). The molecule has 2 heterocycles. The predicted molar refractivity (Wildman–Crippen MR) is 90.2 cm³/mol. The van der Waals surface area contributed by atoms with Gasteiger partial charge >= 0.3 is 0 Å². The zero-order valence-corrected chi connectivity index (χ0v) is 14.4. The van der Waals surface area contributed by atoms with Gasteiger partial charge in [-0.05, 0) is 38.6 Å². The fourth-order valence-electron chi connectivity index (χ4n) is 3.33. The van der Waals surface area contributed by atoms with Crippen LogP contribution in [0, 0.1) is 0 Å². The maximum Gasteiger partial charge on any atom is 0.254 e. The lowest BCUT2D eigenvalue weighted by Gasteiger charge is -2.38. The average molecular weight is 337 g/mol. The number of anilines is 1. The van der Waals surface area contributed by atoms with E-state index in [1.165, 1.54) is 4.31 Å². The molecule has 2 saturated heterocycles. The number of hydrogen-bond acceptors (Lipinski definition) is 4. The number of hydrogen-bond donors (Lipinski definition) is 0. The molecule has 1 unspecified atom stereocenters. The first-order valence-electron chi connectivity index (χ1n) is 7.98. The summed E-state index contributed by atoms with van der Waals surface area (Å²) in [5.74, 6) is 0.157. The van der Waals surface area contributed by atoms with Gasteiger partial charge in [0, 0.05) is 37.8 Å². The van der Waals surface area contributed by atoms with Gasteiger partial charge in [0.1, 0.15) is 0 Å². The van der Waals surface area contributed by atoms with E-state index in [1.807, 2.05) is 11.8 Å². The Morgan fingerprint density at radius 2 is 2.00 bits per heavy atom. The number of carbonyl (C=O) groups excluding carboxylic acids is 1. The molecule has 7 heteroatoms. The molecule has 6 nitrogen and oxygen atoms in total. The lowest BCUT2D eigenvalue weighted by atomic mass is 10.1. The van der Waals surface area contributed by atoms with E-state index in [0.29, 0.717) is 30.8 Å². The summed E-state index contributed by atoms with van der Waals surface area (Å²) in [6.45, 7) is 4.94. The van der Waals surface area contributed by atoms with Gasteiger partial charge in [-0.3, -0.25) is 9.10 Å². The van der Waals surface area contributed by atoms with Crippen LogP contribution >= 0.6 is 0 Å². The van der Waals surface area contributed by atoms with E-state index >= 15 is 0 Å². The molecule has 23 heavy (non-hydrogen) atoms. The number of sulfonamides is 1. The van der Waals surface area contributed by atoms with Gasteiger partial charge in [-0.2, -0.15) is 0 Å². The van der Waals surface area contributed by atoms with Crippen LogP contribution in [-0.4, -0.2) is 69.1 Å². The number of nitrogens with zero attached hydrogens (tertiary/aromatic N) is 3. The number of piperazine rings is 1. The standard InChI is InChI=1S/C16H23N3O3S/c1-13-12-17(2)8-9-18(13)16(20)14-5-3-6-15(11-14)19-7-4-10-23(19,21)22/h3,5-6,11,13H,4,7-10,12H2,1-2H3. The van der Waals surface area contributed by atoms with E-state index in [4.69, 9.17) is 0 Å². The second-order valence-corrected chi connectivity index (χ2v) is 8.41. The van der Waals surface area contributed by atoms with Crippen LogP contribution in [0.2, 0.25) is 0 Å². The highest BCUT2D eigenvalue weighted by molar-refractivity contribution is 7.93. The van der Waals surface area contributed by atoms with E-state index in [-0.39, 0.29) is 17.7 Å². The minimum atomic E-state index is -3.22. The van der Waals surface area contributed by atoms with Crippen LogP contribution in [0.25, 0.3) is 0 Å². The minimum Gasteiger partial charge on any atom is -0.333 e. The third-order valence-electron chi connectivity index (χ3n) is 4.57. The van der Waals surface area contributed by atoms with Crippen LogP contribution < -0.4 is 4.31 Å². The molecule has 1 amide bonds. The normalized spacial score (nSPS) is 24.9. The largest absolute Gasteiger partial charge is 0.333 e. The summed E-state index contributed by atoms with van der Waals surface area (Å²) in [6, 6.07) is 7.14. The van der Waals surface area contributed by atoms with Gasteiger partial charge in [-0.15, -0.1) is 0 Å². The Morgan fingerprint density at radius 3 is 2.65 bits per heavy atom. The molecule has 0 saturated carbocycles. The molecule has 0 N–H and O–H groups in total.